The minimum absolute atomic E-state index is 0.706. The summed E-state index contributed by atoms with van der Waals surface area (Å²) in [6.45, 7) is 4.54. The number of para-hydroxylation sites is 1. The van der Waals surface area contributed by atoms with Crippen LogP contribution in [0.25, 0.3) is 0 Å². The molecule has 1 nitrogen and oxygen atoms in total. The topological polar surface area (TPSA) is 12.0 Å². The highest BCUT2D eigenvalue weighted by Crippen LogP contribution is 2.36. The summed E-state index contributed by atoms with van der Waals surface area (Å²) in [6, 6.07) is 9.52. The van der Waals surface area contributed by atoms with E-state index in [1.165, 1.54) is 49.8 Å². The SMILES string of the molecule is CCCc1ccccc1NC(CCC)C1CC1. The van der Waals surface area contributed by atoms with Crippen molar-refractivity contribution in [2.75, 3.05) is 5.32 Å². The Morgan fingerprint density at radius 2 is 1.94 bits per heavy atom. The lowest BCUT2D eigenvalue weighted by Crippen LogP contribution is -2.22. The third kappa shape index (κ3) is 3.49. The Labute approximate surface area is 106 Å². The van der Waals surface area contributed by atoms with Crippen LogP contribution in [0.2, 0.25) is 0 Å². The zero-order valence-electron chi connectivity index (χ0n) is 11.2. The van der Waals surface area contributed by atoms with Crippen molar-refractivity contribution in [3.05, 3.63) is 29.8 Å². The molecule has 1 unspecified atom stereocenters. The van der Waals surface area contributed by atoms with Crippen LogP contribution in [0, 0.1) is 5.92 Å². The number of anilines is 1. The highest BCUT2D eigenvalue weighted by atomic mass is 14.9. The maximum absolute atomic E-state index is 3.80. The average Bonchev–Trinajstić information content (AvgIpc) is 3.15. The summed E-state index contributed by atoms with van der Waals surface area (Å²) in [6.07, 6.45) is 7.85. The van der Waals surface area contributed by atoms with Gasteiger partial charge in [-0.1, -0.05) is 44.9 Å². The van der Waals surface area contributed by atoms with E-state index in [0.29, 0.717) is 6.04 Å². The second kappa shape index (κ2) is 6.09. The van der Waals surface area contributed by atoms with Crippen molar-refractivity contribution in [2.24, 2.45) is 5.92 Å². The molecule has 0 heterocycles. The zero-order valence-corrected chi connectivity index (χ0v) is 11.2. The quantitative estimate of drug-likeness (QED) is 0.721. The molecular formula is C16H25N. The maximum Gasteiger partial charge on any atom is 0.0374 e. The van der Waals surface area contributed by atoms with Gasteiger partial charge in [0, 0.05) is 11.7 Å². The molecule has 0 amide bonds. The summed E-state index contributed by atoms with van der Waals surface area (Å²) in [5, 5.41) is 3.80. The Balaban J connectivity index is 2.04. The van der Waals surface area contributed by atoms with Gasteiger partial charge in [-0.2, -0.15) is 0 Å². The van der Waals surface area contributed by atoms with E-state index in [4.69, 9.17) is 0 Å². The number of nitrogens with one attached hydrogen (secondary N) is 1. The van der Waals surface area contributed by atoms with Gasteiger partial charge in [0.15, 0.2) is 0 Å². The lowest BCUT2D eigenvalue weighted by molar-refractivity contribution is 0.577. The second-order valence-corrected chi connectivity index (χ2v) is 5.28. The fourth-order valence-electron chi connectivity index (χ4n) is 2.58. The summed E-state index contributed by atoms with van der Waals surface area (Å²) in [7, 11) is 0. The zero-order chi connectivity index (χ0) is 12.1. The summed E-state index contributed by atoms with van der Waals surface area (Å²) in [5.41, 5.74) is 2.86. The lowest BCUT2D eigenvalue weighted by atomic mass is 10.0. The highest BCUT2D eigenvalue weighted by Gasteiger charge is 2.30. The number of benzene rings is 1. The third-order valence-electron chi connectivity index (χ3n) is 3.67. The maximum atomic E-state index is 3.80. The first kappa shape index (κ1) is 12.5. The van der Waals surface area contributed by atoms with Crippen molar-refractivity contribution >= 4 is 5.69 Å². The Kier molecular flexibility index (Phi) is 4.47. The number of hydrogen-bond donors (Lipinski definition) is 1. The molecule has 0 bridgehead atoms. The number of rotatable bonds is 7. The van der Waals surface area contributed by atoms with Crippen molar-refractivity contribution in [3.8, 4) is 0 Å². The molecule has 1 heteroatoms. The van der Waals surface area contributed by atoms with Gasteiger partial charge in [0.1, 0.15) is 0 Å². The molecule has 1 saturated carbocycles. The van der Waals surface area contributed by atoms with Crippen molar-refractivity contribution < 1.29 is 0 Å². The van der Waals surface area contributed by atoms with E-state index >= 15 is 0 Å². The molecule has 2 rings (SSSR count). The summed E-state index contributed by atoms with van der Waals surface area (Å²) >= 11 is 0. The standard InChI is InChI=1S/C16H25N/c1-3-7-13-9-5-6-10-16(13)17-15(8-4-2)14-11-12-14/h5-6,9-10,14-15,17H,3-4,7-8,11-12H2,1-2H3. The molecule has 0 spiro atoms. The molecule has 1 atom stereocenters. The molecule has 0 saturated heterocycles. The second-order valence-electron chi connectivity index (χ2n) is 5.28. The fraction of sp³-hybridized carbons (Fsp3) is 0.625. The minimum atomic E-state index is 0.706. The van der Waals surface area contributed by atoms with E-state index in [1.807, 2.05) is 0 Å². The molecule has 1 aromatic rings. The van der Waals surface area contributed by atoms with E-state index < -0.39 is 0 Å². The van der Waals surface area contributed by atoms with Gasteiger partial charge in [-0.3, -0.25) is 0 Å². The van der Waals surface area contributed by atoms with Crippen molar-refractivity contribution in [2.45, 2.75) is 58.4 Å². The van der Waals surface area contributed by atoms with Gasteiger partial charge in [-0.15, -0.1) is 0 Å². The van der Waals surface area contributed by atoms with Gasteiger partial charge in [-0.05, 0) is 43.2 Å². The van der Waals surface area contributed by atoms with Gasteiger partial charge in [-0.25, -0.2) is 0 Å². The van der Waals surface area contributed by atoms with Crippen LogP contribution in [0.4, 0.5) is 5.69 Å². The van der Waals surface area contributed by atoms with E-state index in [9.17, 15) is 0 Å². The van der Waals surface area contributed by atoms with Gasteiger partial charge in [0.05, 0.1) is 0 Å². The van der Waals surface area contributed by atoms with E-state index in [-0.39, 0.29) is 0 Å². The highest BCUT2D eigenvalue weighted by molar-refractivity contribution is 5.52. The average molecular weight is 231 g/mol. The van der Waals surface area contributed by atoms with E-state index in [0.717, 1.165) is 5.92 Å². The molecule has 1 aromatic carbocycles. The van der Waals surface area contributed by atoms with Crippen LogP contribution >= 0.6 is 0 Å². The molecule has 1 aliphatic rings. The van der Waals surface area contributed by atoms with E-state index in [1.54, 1.807) is 0 Å². The van der Waals surface area contributed by atoms with E-state index in [2.05, 4.69) is 43.4 Å². The van der Waals surface area contributed by atoms with Crippen LogP contribution in [0.15, 0.2) is 24.3 Å². The van der Waals surface area contributed by atoms with Crippen LogP contribution in [0.1, 0.15) is 51.5 Å². The fourth-order valence-corrected chi connectivity index (χ4v) is 2.58. The largest absolute Gasteiger partial charge is 0.382 e. The monoisotopic (exact) mass is 231 g/mol. The van der Waals surface area contributed by atoms with Crippen molar-refractivity contribution in [1.29, 1.82) is 0 Å². The predicted molar refractivity (Wildman–Crippen MR) is 75.5 cm³/mol. The van der Waals surface area contributed by atoms with Gasteiger partial charge < -0.3 is 5.32 Å². The molecule has 0 aliphatic heterocycles. The lowest BCUT2D eigenvalue weighted by Gasteiger charge is -2.21. The molecular weight excluding hydrogens is 206 g/mol. The summed E-state index contributed by atoms with van der Waals surface area (Å²) in [5.74, 6) is 0.935. The van der Waals surface area contributed by atoms with Crippen LogP contribution < -0.4 is 5.32 Å². The molecule has 0 aromatic heterocycles. The first-order valence-corrected chi connectivity index (χ1v) is 7.19. The molecule has 17 heavy (non-hydrogen) atoms. The number of aryl methyl sites for hydroxylation is 1. The van der Waals surface area contributed by atoms with Crippen molar-refractivity contribution in [3.63, 3.8) is 0 Å². The Morgan fingerprint density at radius 1 is 1.18 bits per heavy atom. The van der Waals surface area contributed by atoms with Gasteiger partial charge >= 0.3 is 0 Å². The van der Waals surface area contributed by atoms with Gasteiger partial charge in [0.25, 0.3) is 0 Å². The molecule has 1 N–H and O–H groups in total. The van der Waals surface area contributed by atoms with Crippen molar-refractivity contribution in [1.82, 2.24) is 0 Å². The molecule has 94 valence electrons. The van der Waals surface area contributed by atoms with Crippen LogP contribution in [0.5, 0.6) is 0 Å². The smallest absolute Gasteiger partial charge is 0.0374 e. The summed E-state index contributed by atoms with van der Waals surface area (Å²) in [4.78, 5) is 0. The Hall–Kier alpha value is -0.980. The molecule has 1 aliphatic carbocycles. The first-order chi connectivity index (χ1) is 8.35. The van der Waals surface area contributed by atoms with Crippen LogP contribution in [-0.2, 0) is 6.42 Å². The minimum Gasteiger partial charge on any atom is -0.382 e. The van der Waals surface area contributed by atoms with Crippen LogP contribution in [-0.4, -0.2) is 6.04 Å². The Morgan fingerprint density at radius 3 is 2.59 bits per heavy atom. The summed E-state index contributed by atoms with van der Waals surface area (Å²) < 4.78 is 0. The number of hydrogen-bond acceptors (Lipinski definition) is 1. The molecule has 0 radical (unpaired) electrons. The molecule has 1 fully saturated rings. The predicted octanol–water partition coefficient (Wildman–Crippen LogP) is 4.63. The normalized spacial score (nSPS) is 16.8. The van der Waals surface area contributed by atoms with Gasteiger partial charge in [0.2, 0.25) is 0 Å². The Bertz CT molecular complexity index is 341. The first-order valence-electron chi connectivity index (χ1n) is 7.19. The van der Waals surface area contributed by atoms with Crippen LogP contribution in [0.3, 0.4) is 0 Å². The third-order valence-corrected chi connectivity index (χ3v) is 3.67.